The highest BCUT2D eigenvalue weighted by Crippen LogP contribution is 2.45. The van der Waals surface area contributed by atoms with Gasteiger partial charge < -0.3 is 14.6 Å². The summed E-state index contributed by atoms with van der Waals surface area (Å²) >= 11 is 0. The van der Waals surface area contributed by atoms with Crippen LogP contribution in [0, 0.1) is 5.92 Å². The second kappa shape index (κ2) is 5.59. The number of rotatable bonds is 5. The molecular formula is C14H23N3O2. The maximum absolute atomic E-state index is 5.59. The van der Waals surface area contributed by atoms with Crippen molar-refractivity contribution in [3.05, 3.63) is 11.7 Å². The first-order valence-corrected chi connectivity index (χ1v) is 7.44. The zero-order valence-corrected chi connectivity index (χ0v) is 11.8. The van der Waals surface area contributed by atoms with E-state index in [9.17, 15) is 0 Å². The molecule has 0 spiro atoms. The quantitative estimate of drug-likeness (QED) is 0.883. The summed E-state index contributed by atoms with van der Waals surface area (Å²) < 4.78 is 11.1. The molecule has 3 rings (SSSR count). The first-order chi connectivity index (χ1) is 9.29. The van der Waals surface area contributed by atoms with Crippen molar-refractivity contribution >= 4 is 0 Å². The van der Waals surface area contributed by atoms with E-state index in [0.717, 1.165) is 37.7 Å². The third-order valence-corrected chi connectivity index (χ3v) is 4.23. The van der Waals surface area contributed by atoms with Crippen molar-refractivity contribution in [2.45, 2.75) is 51.0 Å². The Labute approximate surface area is 114 Å². The Hall–Kier alpha value is -0.940. The first-order valence-electron chi connectivity index (χ1n) is 7.44. The number of hydrogen-bond donors (Lipinski definition) is 1. The molecule has 0 bridgehead atoms. The van der Waals surface area contributed by atoms with Crippen molar-refractivity contribution in [3.63, 3.8) is 0 Å². The van der Waals surface area contributed by atoms with Crippen LogP contribution in [0.2, 0.25) is 0 Å². The van der Waals surface area contributed by atoms with E-state index in [1.807, 2.05) is 0 Å². The Morgan fingerprint density at radius 2 is 2.21 bits per heavy atom. The fourth-order valence-corrected chi connectivity index (χ4v) is 2.79. The molecule has 1 saturated carbocycles. The third-order valence-electron chi connectivity index (χ3n) is 4.23. The zero-order valence-electron chi connectivity index (χ0n) is 11.8. The van der Waals surface area contributed by atoms with Crippen LogP contribution < -0.4 is 5.32 Å². The van der Waals surface area contributed by atoms with Crippen molar-refractivity contribution in [2.24, 2.45) is 5.92 Å². The van der Waals surface area contributed by atoms with Crippen molar-refractivity contribution in [3.8, 4) is 0 Å². The second-order valence-electron chi connectivity index (χ2n) is 5.84. The van der Waals surface area contributed by atoms with Gasteiger partial charge in [0.25, 0.3) is 0 Å². The van der Waals surface area contributed by atoms with Crippen molar-refractivity contribution in [1.82, 2.24) is 15.5 Å². The minimum absolute atomic E-state index is 0.204. The number of aromatic nitrogens is 2. The molecule has 1 N–H and O–H groups in total. The Kier molecular flexibility index (Phi) is 3.84. The highest BCUT2D eigenvalue weighted by atomic mass is 16.5. The molecule has 1 aliphatic heterocycles. The molecule has 0 radical (unpaired) electrons. The zero-order chi connectivity index (χ0) is 13.2. The highest BCUT2D eigenvalue weighted by Gasteiger charge is 2.39. The summed E-state index contributed by atoms with van der Waals surface area (Å²) in [4.78, 5) is 4.61. The van der Waals surface area contributed by atoms with E-state index in [0.29, 0.717) is 24.5 Å². The lowest BCUT2D eigenvalue weighted by atomic mass is 9.95. The average molecular weight is 265 g/mol. The van der Waals surface area contributed by atoms with Crippen molar-refractivity contribution in [1.29, 1.82) is 0 Å². The minimum Gasteiger partial charge on any atom is -0.381 e. The van der Waals surface area contributed by atoms with Crippen LogP contribution in [0.15, 0.2) is 4.52 Å². The molecule has 4 unspecified atom stereocenters. The van der Waals surface area contributed by atoms with Gasteiger partial charge in [-0.15, -0.1) is 0 Å². The van der Waals surface area contributed by atoms with Gasteiger partial charge in [0.05, 0.1) is 12.5 Å². The van der Waals surface area contributed by atoms with Gasteiger partial charge in [-0.2, -0.15) is 4.98 Å². The molecule has 1 aromatic rings. The molecule has 2 heterocycles. The Morgan fingerprint density at radius 1 is 1.37 bits per heavy atom. The molecule has 2 aliphatic rings. The van der Waals surface area contributed by atoms with Gasteiger partial charge in [0, 0.05) is 18.6 Å². The standard InChI is InChI=1S/C14H23N3O2/c1-3-5-15-12-4-6-18-8-11(12)14-16-13(17-19-14)10-7-9(10)2/h9-12,15H,3-8H2,1-2H3. The molecule has 2 fully saturated rings. The number of ether oxygens (including phenoxy) is 1. The van der Waals surface area contributed by atoms with Gasteiger partial charge in [0.2, 0.25) is 5.89 Å². The van der Waals surface area contributed by atoms with Crippen LogP contribution in [0.5, 0.6) is 0 Å². The average Bonchev–Trinajstić information content (AvgIpc) is 2.98. The van der Waals surface area contributed by atoms with E-state index in [4.69, 9.17) is 9.26 Å². The molecule has 1 aromatic heterocycles. The van der Waals surface area contributed by atoms with Gasteiger partial charge in [0.1, 0.15) is 0 Å². The summed E-state index contributed by atoms with van der Waals surface area (Å²) in [7, 11) is 0. The van der Waals surface area contributed by atoms with E-state index in [1.54, 1.807) is 0 Å². The largest absolute Gasteiger partial charge is 0.381 e. The van der Waals surface area contributed by atoms with E-state index in [-0.39, 0.29) is 5.92 Å². The molecule has 106 valence electrons. The Morgan fingerprint density at radius 3 is 2.95 bits per heavy atom. The second-order valence-corrected chi connectivity index (χ2v) is 5.84. The predicted octanol–water partition coefficient (Wildman–Crippen LogP) is 2.07. The van der Waals surface area contributed by atoms with E-state index >= 15 is 0 Å². The summed E-state index contributed by atoms with van der Waals surface area (Å²) in [5.41, 5.74) is 0. The van der Waals surface area contributed by atoms with E-state index in [1.165, 1.54) is 6.42 Å². The summed E-state index contributed by atoms with van der Waals surface area (Å²) in [5.74, 6) is 3.08. The van der Waals surface area contributed by atoms with Crippen LogP contribution in [0.25, 0.3) is 0 Å². The van der Waals surface area contributed by atoms with Crippen LogP contribution in [-0.2, 0) is 4.74 Å². The van der Waals surface area contributed by atoms with Gasteiger partial charge in [-0.1, -0.05) is 19.0 Å². The van der Waals surface area contributed by atoms with Crippen LogP contribution in [0.4, 0.5) is 0 Å². The molecular weight excluding hydrogens is 242 g/mol. The van der Waals surface area contributed by atoms with Crippen LogP contribution in [0.3, 0.4) is 0 Å². The maximum atomic E-state index is 5.59. The third kappa shape index (κ3) is 2.82. The van der Waals surface area contributed by atoms with Gasteiger partial charge >= 0.3 is 0 Å². The Bertz CT molecular complexity index is 421. The number of hydrogen-bond acceptors (Lipinski definition) is 5. The smallest absolute Gasteiger partial charge is 0.233 e. The minimum atomic E-state index is 0.204. The van der Waals surface area contributed by atoms with Gasteiger partial charge in [0.15, 0.2) is 5.82 Å². The molecule has 19 heavy (non-hydrogen) atoms. The molecule has 0 amide bonds. The molecule has 5 heteroatoms. The van der Waals surface area contributed by atoms with Gasteiger partial charge in [-0.3, -0.25) is 0 Å². The Balaban J connectivity index is 1.69. The molecule has 5 nitrogen and oxygen atoms in total. The normalized spacial score (nSPS) is 34.4. The topological polar surface area (TPSA) is 60.2 Å². The first kappa shape index (κ1) is 13.1. The van der Waals surface area contributed by atoms with Gasteiger partial charge in [-0.25, -0.2) is 0 Å². The van der Waals surface area contributed by atoms with E-state index in [2.05, 4.69) is 29.3 Å². The highest BCUT2D eigenvalue weighted by molar-refractivity contribution is 5.10. The lowest BCUT2D eigenvalue weighted by Crippen LogP contribution is -2.41. The van der Waals surface area contributed by atoms with Crippen molar-refractivity contribution in [2.75, 3.05) is 19.8 Å². The maximum Gasteiger partial charge on any atom is 0.233 e. The lowest BCUT2D eigenvalue weighted by Gasteiger charge is -2.29. The van der Waals surface area contributed by atoms with Crippen LogP contribution in [-0.4, -0.2) is 35.9 Å². The fraction of sp³-hybridized carbons (Fsp3) is 0.857. The van der Waals surface area contributed by atoms with Gasteiger partial charge in [-0.05, 0) is 31.7 Å². The SMILES string of the molecule is CCCNC1CCOCC1c1nc(C2CC2C)no1. The summed E-state index contributed by atoms with van der Waals surface area (Å²) in [6.45, 7) is 6.94. The molecule has 1 saturated heterocycles. The summed E-state index contributed by atoms with van der Waals surface area (Å²) in [6.07, 6.45) is 3.35. The fourth-order valence-electron chi connectivity index (χ4n) is 2.79. The number of nitrogens with zero attached hydrogens (tertiary/aromatic N) is 2. The van der Waals surface area contributed by atoms with E-state index < -0.39 is 0 Å². The van der Waals surface area contributed by atoms with Crippen LogP contribution in [0.1, 0.15) is 56.7 Å². The molecule has 0 aromatic carbocycles. The lowest BCUT2D eigenvalue weighted by molar-refractivity contribution is 0.0498. The molecule has 1 aliphatic carbocycles. The summed E-state index contributed by atoms with van der Waals surface area (Å²) in [6, 6.07) is 0.402. The summed E-state index contributed by atoms with van der Waals surface area (Å²) in [5, 5.41) is 7.72. The van der Waals surface area contributed by atoms with Crippen LogP contribution >= 0.6 is 0 Å². The molecule has 4 atom stereocenters. The predicted molar refractivity (Wildman–Crippen MR) is 71.1 cm³/mol. The number of nitrogens with one attached hydrogen (secondary N) is 1. The van der Waals surface area contributed by atoms with Crippen molar-refractivity contribution < 1.29 is 9.26 Å². The monoisotopic (exact) mass is 265 g/mol.